The second-order valence-electron chi connectivity index (χ2n) is 12.6. The number of ether oxygens (including phenoxy) is 6. The van der Waals surface area contributed by atoms with Crippen molar-refractivity contribution in [1.82, 2.24) is 5.09 Å². The van der Waals surface area contributed by atoms with E-state index in [1.54, 1.807) is 6.92 Å². The first-order valence-corrected chi connectivity index (χ1v) is 42.4. The first kappa shape index (κ1) is 64.1. The van der Waals surface area contributed by atoms with E-state index in [2.05, 4.69) is 133 Å². The summed E-state index contributed by atoms with van der Waals surface area (Å²) in [6.07, 6.45) is -14.3. The van der Waals surface area contributed by atoms with Crippen LogP contribution in [-0.2, 0) is 83.0 Å². The summed E-state index contributed by atoms with van der Waals surface area (Å²) >= 11 is 0. The Kier molecular flexibility index (Phi) is 37.2. The lowest BCUT2D eigenvalue weighted by Crippen LogP contribution is -2.67. The van der Waals surface area contributed by atoms with Crippen molar-refractivity contribution >= 4 is 191 Å². The maximum atomic E-state index is 13.6. The average molecular weight is 1280 g/mol. The number of rotatable bonds is 29. The lowest BCUT2D eigenvalue weighted by Gasteiger charge is -2.51. The summed E-state index contributed by atoms with van der Waals surface area (Å²) in [6.45, 7) is 2.01. The fraction of sp³-hybridized carbons (Fsp3) is 0.955. The number of nitrogens with one attached hydrogen (secondary N) is 1. The summed E-state index contributed by atoms with van der Waals surface area (Å²) < 4.78 is 106. The maximum Gasteiger partial charge on any atom is 0.329 e. The van der Waals surface area contributed by atoms with Gasteiger partial charge < -0.3 is 78.2 Å². The van der Waals surface area contributed by atoms with E-state index in [4.69, 9.17) is 78.2 Å². The Morgan fingerprint density at radius 3 is 1.50 bits per heavy atom. The molecule has 0 spiro atoms. The molecule has 0 saturated carbocycles. The molecule has 0 aromatic carbocycles. The minimum Gasteiger partial charge on any atom is -0.435 e. The van der Waals surface area contributed by atoms with Crippen molar-refractivity contribution in [2.24, 2.45) is 0 Å². The van der Waals surface area contributed by atoms with Gasteiger partial charge in [0.05, 0.1) is 25.9 Å². The van der Waals surface area contributed by atoms with Crippen molar-refractivity contribution in [2.75, 3.05) is 19.8 Å². The van der Waals surface area contributed by atoms with Crippen molar-refractivity contribution in [1.29, 1.82) is 0 Å². The van der Waals surface area contributed by atoms with Gasteiger partial charge in [0, 0.05) is 90.8 Å². The van der Waals surface area contributed by atoms with Crippen LogP contribution in [0.5, 0.6) is 0 Å². The quantitative estimate of drug-likeness (QED) is 0.0810. The minimum absolute atomic E-state index is 0.000518. The van der Waals surface area contributed by atoms with Gasteiger partial charge in [-0.1, -0.05) is 62.5 Å². The Morgan fingerprint density at radius 1 is 0.597 bits per heavy atom. The molecule has 3 fully saturated rings. The van der Waals surface area contributed by atoms with Gasteiger partial charge in [0.1, 0.15) is 86.8 Å². The summed E-state index contributed by atoms with van der Waals surface area (Å²) in [5, 5.41) is 3.28. The van der Waals surface area contributed by atoms with Gasteiger partial charge in [0.15, 0.2) is 18.9 Å². The lowest BCUT2D eigenvalue weighted by atomic mass is 9.96. The first-order valence-electron chi connectivity index (χ1n) is 17.5. The van der Waals surface area contributed by atoms with Crippen LogP contribution in [0.4, 0.5) is 0 Å². The highest BCUT2D eigenvalue weighted by atomic mass is 32.6. The molecule has 366 valence electrons. The van der Waals surface area contributed by atoms with Crippen molar-refractivity contribution < 1.29 is 83.0 Å². The molecule has 0 aliphatic carbocycles. The van der Waals surface area contributed by atoms with Crippen LogP contribution in [0.25, 0.3) is 0 Å². The SMILES string of the molecule is CC(OC1OC(COP)C(OP)C(OP)C1OC1OC(COP)C(OP)C(OP)C1OC1OC(COPP)C(OPP)C(OPP)C1OPP)C(NP(P)P)C(=O)OP(P)PP. The van der Waals surface area contributed by atoms with Crippen LogP contribution in [-0.4, -0.2) is 130 Å². The molecule has 3 aliphatic heterocycles. The molecule has 3 heterocycles. The number of carbonyl (C=O) groups is 1. The van der Waals surface area contributed by atoms with Crippen molar-refractivity contribution in [2.45, 2.75) is 111 Å². The van der Waals surface area contributed by atoms with Gasteiger partial charge in [-0.15, -0.1) is 8.93 Å². The fourth-order valence-electron chi connectivity index (χ4n) is 6.54. The molecule has 0 radical (unpaired) electrons. The molecular formula is C22H60NO18P21. The van der Waals surface area contributed by atoms with Gasteiger partial charge in [-0.05, 0) is 22.3 Å². The van der Waals surface area contributed by atoms with Gasteiger partial charge >= 0.3 is 5.97 Å². The molecule has 3 aliphatic rings. The Labute approximate surface area is 407 Å². The van der Waals surface area contributed by atoms with Crippen molar-refractivity contribution in [3.05, 3.63) is 0 Å². The van der Waals surface area contributed by atoms with E-state index >= 15 is 0 Å². The third-order valence-electron chi connectivity index (χ3n) is 9.12. The Morgan fingerprint density at radius 2 is 1.05 bits per heavy atom. The summed E-state index contributed by atoms with van der Waals surface area (Å²) in [5.74, 6) is -0.491. The summed E-state index contributed by atoms with van der Waals surface area (Å²) in [5.41, 5.74) is 0. The zero-order valence-electron chi connectivity index (χ0n) is 32.8. The van der Waals surface area contributed by atoms with Crippen LogP contribution >= 0.6 is 185 Å². The van der Waals surface area contributed by atoms with E-state index in [-0.39, 0.29) is 53.8 Å². The van der Waals surface area contributed by atoms with Crippen LogP contribution in [0.2, 0.25) is 0 Å². The molecule has 40 heteroatoms. The largest absolute Gasteiger partial charge is 0.435 e. The Balaban J connectivity index is 2.17. The van der Waals surface area contributed by atoms with Crippen LogP contribution in [0.15, 0.2) is 0 Å². The lowest BCUT2D eigenvalue weighted by molar-refractivity contribution is -0.385. The Bertz CT molecular complexity index is 1250. The molecule has 37 unspecified atom stereocenters. The topological polar surface area (TPSA) is 186 Å². The second kappa shape index (κ2) is 36.0. The second-order valence-corrected chi connectivity index (χ2v) is 33.8. The predicted octanol–water partition coefficient (Wildman–Crippen LogP) is 6.41. The van der Waals surface area contributed by atoms with E-state index in [0.29, 0.717) is 7.96 Å². The van der Waals surface area contributed by atoms with E-state index in [1.807, 2.05) is 0 Å². The Hall–Kier alpha value is 7.82. The molecule has 3 saturated heterocycles. The molecule has 62 heavy (non-hydrogen) atoms. The molecular weight excluding hydrogens is 1220 g/mol. The van der Waals surface area contributed by atoms with Crippen LogP contribution in [0, 0.1) is 0 Å². The third kappa shape index (κ3) is 19.4. The first-order chi connectivity index (χ1) is 29.9. The van der Waals surface area contributed by atoms with Crippen LogP contribution in [0.1, 0.15) is 6.92 Å². The molecule has 1 N–H and O–H groups in total. The van der Waals surface area contributed by atoms with E-state index < -0.39 is 125 Å². The van der Waals surface area contributed by atoms with Crippen molar-refractivity contribution in [3.8, 4) is 0 Å². The van der Waals surface area contributed by atoms with Gasteiger partial charge in [-0.2, -0.15) is 0 Å². The molecule has 0 aromatic heterocycles. The standard InChI is InChI=1S/C22H60NO18P21/c1-5(9(23-61(53)54)19(24)41-62(55)60-52)28-20-16(13(36-46)10(34-44)6(29-20)2-25-42)32-21-17(14(37-47)11(35-45)7(30-21)3-26-43)33-22-18(40-59-51)15(39-58-50)12(38-57-49)8(31-22)4-27-56-48/h5-18,20-23,56-60H,2-4,42-55H2,1H3. The molecule has 0 aromatic rings. The molecule has 19 nitrogen and oxygen atoms in total. The van der Waals surface area contributed by atoms with Gasteiger partial charge in [0.2, 0.25) is 0 Å². The van der Waals surface area contributed by atoms with Gasteiger partial charge in [0.25, 0.3) is 0 Å². The predicted molar refractivity (Wildman–Crippen MR) is 303 cm³/mol. The number of carbonyl (C=O) groups excluding carboxylic acids is 1. The van der Waals surface area contributed by atoms with E-state index in [0.717, 1.165) is 0 Å². The zero-order chi connectivity index (χ0) is 45.9. The van der Waals surface area contributed by atoms with Gasteiger partial charge in [-0.25, -0.2) is 0 Å². The van der Waals surface area contributed by atoms with Crippen molar-refractivity contribution in [3.63, 3.8) is 0 Å². The molecule has 0 amide bonds. The van der Waals surface area contributed by atoms with E-state index in [1.165, 1.54) is 0 Å². The van der Waals surface area contributed by atoms with Gasteiger partial charge in [-0.3, -0.25) is 9.88 Å². The van der Waals surface area contributed by atoms with Crippen LogP contribution in [0.3, 0.4) is 0 Å². The molecule has 0 bridgehead atoms. The number of hydrogen-bond donors (Lipinski definition) is 1. The molecule has 37 atom stereocenters. The highest BCUT2D eigenvalue weighted by Crippen LogP contribution is 2.67. The summed E-state index contributed by atoms with van der Waals surface area (Å²) in [7, 11) is 32.7. The third-order valence-corrected chi connectivity index (χ3v) is 23.8. The monoisotopic (exact) mass is 1280 g/mol. The highest BCUT2D eigenvalue weighted by molar-refractivity contribution is 8.59. The zero-order valence-corrected chi connectivity index (χ0v) is 55.7. The fourth-order valence-corrected chi connectivity index (χ4v) is 14.6. The highest BCUT2D eigenvalue weighted by Gasteiger charge is 2.57. The summed E-state index contributed by atoms with van der Waals surface area (Å²) in [6, 6.07) is -0.909. The smallest absolute Gasteiger partial charge is 0.329 e. The average Bonchev–Trinajstić information content (AvgIpc) is 3.25. The van der Waals surface area contributed by atoms with E-state index in [9.17, 15) is 4.79 Å². The normalized spacial score (nSPS) is 36.7. The minimum atomic E-state index is -1.30. The van der Waals surface area contributed by atoms with Crippen LogP contribution < -0.4 is 5.09 Å². The summed E-state index contributed by atoms with van der Waals surface area (Å²) in [4.78, 5) is 13.6. The number of hydrogen-bond acceptors (Lipinski definition) is 19. The molecule has 3 rings (SSSR count). The maximum absolute atomic E-state index is 13.6.